The van der Waals surface area contributed by atoms with Crippen molar-refractivity contribution in [2.24, 2.45) is 0 Å². The average Bonchev–Trinajstić information content (AvgIpc) is 3.45. The number of nitrogens with zero attached hydrogens (tertiary/aromatic N) is 3. The second-order valence-corrected chi connectivity index (χ2v) is 7.85. The molecule has 1 aliphatic carbocycles. The van der Waals surface area contributed by atoms with E-state index in [0.717, 1.165) is 43.5 Å². The molecular weight excluding hydrogens is 364 g/mol. The molecule has 1 aromatic heterocycles. The molecule has 5 rings (SSSR count). The summed E-state index contributed by atoms with van der Waals surface area (Å²) < 4.78 is 5.23. The van der Waals surface area contributed by atoms with Crippen LogP contribution in [0.25, 0.3) is 11.4 Å². The molecule has 2 heterocycles. The lowest BCUT2D eigenvalue weighted by Gasteiger charge is -2.22. The largest absolute Gasteiger partial charge is 0.339 e. The second-order valence-electron chi connectivity index (χ2n) is 7.85. The Hall–Kier alpha value is -3.15. The number of hydrogen-bond donors (Lipinski definition) is 1. The van der Waals surface area contributed by atoms with Crippen molar-refractivity contribution in [1.29, 1.82) is 0 Å². The van der Waals surface area contributed by atoms with Crippen LogP contribution in [0.4, 0.5) is 10.5 Å². The van der Waals surface area contributed by atoms with Gasteiger partial charge >= 0.3 is 6.03 Å². The minimum absolute atomic E-state index is 0.0120. The highest BCUT2D eigenvalue weighted by atomic mass is 16.5. The van der Waals surface area contributed by atoms with Crippen molar-refractivity contribution in [3.63, 3.8) is 0 Å². The first-order valence-corrected chi connectivity index (χ1v) is 10.3. The maximum Gasteiger partial charge on any atom is 0.322 e. The summed E-state index contributed by atoms with van der Waals surface area (Å²) in [6.07, 6.45) is 3.48. The van der Waals surface area contributed by atoms with Crippen molar-refractivity contribution in [2.45, 2.75) is 45.6 Å². The maximum absolute atomic E-state index is 13.0. The van der Waals surface area contributed by atoms with Gasteiger partial charge in [-0.3, -0.25) is 4.90 Å². The topological polar surface area (TPSA) is 71.3 Å². The highest BCUT2D eigenvalue weighted by Crippen LogP contribution is 2.35. The number of urea groups is 1. The van der Waals surface area contributed by atoms with E-state index in [1.807, 2.05) is 17.9 Å². The number of nitrogens with one attached hydrogen (secondary N) is 1. The van der Waals surface area contributed by atoms with E-state index in [1.165, 1.54) is 22.3 Å². The number of carbonyl (C=O) groups is 1. The number of rotatable bonds is 3. The minimum Gasteiger partial charge on any atom is -0.339 e. The predicted octanol–water partition coefficient (Wildman–Crippen LogP) is 4.37. The van der Waals surface area contributed by atoms with Crippen molar-refractivity contribution in [3.05, 3.63) is 64.5 Å². The van der Waals surface area contributed by atoms with Gasteiger partial charge in [-0.25, -0.2) is 4.79 Å². The Morgan fingerprint density at radius 3 is 2.93 bits per heavy atom. The van der Waals surface area contributed by atoms with Gasteiger partial charge in [0.1, 0.15) is 0 Å². The molecule has 0 fully saturated rings. The maximum atomic E-state index is 13.0. The number of amides is 2. The molecule has 2 aromatic carbocycles. The average molecular weight is 388 g/mol. The first-order chi connectivity index (χ1) is 14.1. The Kier molecular flexibility index (Phi) is 4.34. The number of carbonyl (C=O) groups excluding carboxylic acids is 1. The lowest BCUT2D eigenvalue weighted by atomic mass is 10.0. The first-order valence-electron chi connectivity index (χ1n) is 10.3. The summed E-state index contributed by atoms with van der Waals surface area (Å²) in [5.74, 6) is 1.27. The fourth-order valence-corrected chi connectivity index (χ4v) is 4.35. The Bertz CT molecular complexity index is 1090. The normalized spacial score (nSPS) is 17.3. The summed E-state index contributed by atoms with van der Waals surface area (Å²) in [5, 5.41) is 7.32. The van der Waals surface area contributed by atoms with Crippen LogP contribution in [0.3, 0.4) is 0 Å². The van der Waals surface area contributed by atoms with Crippen LogP contribution in [0, 0.1) is 6.92 Å². The third-order valence-electron chi connectivity index (χ3n) is 5.93. The molecule has 0 spiro atoms. The second kappa shape index (κ2) is 7.03. The number of anilines is 1. The first kappa shape index (κ1) is 17.9. The van der Waals surface area contributed by atoms with Crippen LogP contribution in [0.1, 0.15) is 47.5 Å². The van der Waals surface area contributed by atoms with Gasteiger partial charge in [-0.05, 0) is 60.6 Å². The molecule has 29 heavy (non-hydrogen) atoms. The van der Waals surface area contributed by atoms with Gasteiger partial charge < -0.3 is 9.84 Å². The van der Waals surface area contributed by atoms with Gasteiger partial charge in [0, 0.05) is 24.2 Å². The zero-order valence-electron chi connectivity index (χ0n) is 16.7. The Labute approximate surface area is 169 Å². The summed E-state index contributed by atoms with van der Waals surface area (Å²) in [5.41, 5.74) is 6.85. The molecule has 0 saturated carbocycles. The highest BCUT2D eigenvalue weighted by molar-refractivity contribution is 5.94. The SMILES string of the molecule is CCc1nc(-c2ccc3c(c2)CC[C@H]3NC(=O)N2CCc3ccc(C)cc32)no1. The molecule has 2 amide bonds. The van der Waals surface area contributed by atoms with E-state index >= 15 is 0 Å². The predicted molar refractivity (Wildman–Crippen MR) is 111 cm³/mol. The Morgan fingerprint density at radius 2 is 2.10 bits per heavy atom. The van der Waals surface area contributed by atoms with E-state index < -0.39 is 0 Å². The summed E-state index contributed by atoms with van der Waals surface area (Å²) >= 11 is 0. The molecule has 0 bridgehead atoms. The Morgan fingerprint density at radius 1 is 1.21 bits per heavy atom. The molecule has 1 atom stereocenters. The monoisotopic (exact) mass is 388 g/mol. The van der Waals surface area contributed by atoms with Crippen molar-refractivity contribution < 1.29 is 9.32 Å². The van der Waals surface area contributed by atoms with Crippen LogP contribution in [0.15, 0.2) is 40.9 Å². The van der Waals surface area contributed by atoms with Gasteiger partial charge in [0.05, 0.1) is 6.04 Å². The molecule has 1 aliphatic heterocycles. The van der Waals surface area contributed by atoms with Crippen LogP contribution in [-0.2, 0) is 19.3 Å². The fourth-order valence-electron chi connectivity index (χ4n) is 4.35. The number of benzene rings is 2. The van der Waals surface area contributed by atoms with Crippen molar-refractivity contribution in [1.82, 2.24) is 15.5 Å². The lowest BCUT2D eigenvalue weighted by molar-refractivity contribution is 0.243. The van der Waals surface area contributed by atoms with E-state index in [-0.39, 0.29) is 12.1 Å². The van der Waals surface area contributed by atoms with Gasteiger partial charge in [0.25, 0.3) is 0 Å². The number of aryl methyl sites for hydroxylation is 3. The quantitative estimate of drug-likeness (QED) is 0.723. The van der Waals surface area contributed by atoms with Gasteiger partial charge in [0.15, 0.2) is 0 Å². The molecule has 2 aliphatic rings. The van der Waals surface area contributed by atoms with Crippen LogP contribution in [-0.4, -0.2) is 22.7 Å². The molecule has 0 unspecified atom stereocenters. The van der Waals surface area contributed by atoms with Crippen molar-refractivity contribution in [3.8, 4) is 11.4 Å². The standard InChI is InChI=1S/C23H24N4O2/c1-3-21-25-22(26-29-21)17-6-8-18-16(13-17)7-9-19(18)24-23(28)27-11-10-15-5-4-14(2)12-20(15)27/h4-6,8,12-13,19H,3,7,9-11H2,1-2H3,(H,24,28)/t19-/m1/s1. The molecular formula is C23H24N4O2. The van der Waals surface area contributed by atoms with Gasteiger partial charge in [-0.1, -0.05) is 36.3 Å². The van der Waals surface area contributed by atoms with Gasteiger partial charge in [-0.2, -0.15) is 4.98 Å². The zero-order valence-corrected chi connectivity index (χ0v) is 16.7. The summed E-state index contributed by atoms with van der Waals surface area (Å²) in [6, 6.07) is 12.6. The number of fused-ring (bicyclic) bond motifs is 2. The molecule has 6 heteroatoms. The van der Waals surface area contributed by atoms with E-state index in [2.05, 4.69) is 52.7 Å². The van der Waals surface area contributed by atoms with Crippen LogP contribution in [0.5, 0.6) is 0 Å². The van der Waals surface area contributed by atoms with E-state index in [9.17, 15) is 4.79 Å². The van der Waals surface area contributed by atoms with E-state index in [1.54, 1.807) is 0 Å². The van der Waals surface area contributed by atoms with Gasteiger partial charge in [-0.15, -0.1) is 0 Å². The molecule has 148 valence electrons. The third-order valence-corrected chi connectivity index (χ3v) is 5.93. The van der Waals surface area contributed by atoms with E-state index in [4.69, 9.17) is 4.52 Å². The molecule has 6 nitrogen and oxygen atoms in total. The smallest absolute Gasteiger partial charge is 0.322 e. The molecule has 1 N–H and O–H groups in total. The van der Waals surface area contributed by atoms with Gasteiger partial charge in [0.2, 0.25) is 11.7 Å². The van der Waals surface area contributed by atoms with E-state index in [0.29, 0.717) is 11.7 Å². The zero-order chi connectivity index (χ0) is 20.0. The summed E-state index contributed by atoms with van der Waals surface area (Å²) in [6.45, 7) is 4.79. The third kappa shape index (κ3) is 3.18. The molecule has 0 saturated heterocycles. The Balaban J connectivity index is 1.34. The van der Waals surface area contributed by atoms with Crippen molar-refractivity contribution in [2.75, 3.05) is 11.4 Å². The fraction of sp³-hybridized carbons (Fsp3) is 0.348. The summed E-state index contributed by atoms with van der Waals surface area (Å²) in [4.78, 5) is 19.3. The highest BCUT2D eigenvalue weighted by Gasteiger charge is 2.29. The molecule has 3 aromatic rings. The van der Waals surface area contributed by atoms with Crippen LogP contribution in [0.2, 0.25) is 0 Å². The molecule has 0 radical (unpaired) electrons. The lowest BCUT2D eigenvalue weighted by Crippen LogP contribution is -2.40. The van der Waals surface area contributed by atoms with Crippen LogP contribution >= 0.6 is 0 Å². The van der Waals surface area contributed by atoms with Crippen molar-refractivity contribution >= 4 is 11.7 Å². The number of aromatic nitrogens is 2. The minimum atomic E-state index is -0.0120. The van der Waals surface area contributed by atoms with Crippen LogP contribution < -0.4 is 10.2 Å². The summed E-state index contributed by atoms with van der Waals surface area (Å²) in [7, 11) is 0. The number of hydrogen-bond acceptors (Lipinski definition) is 4.